The smallest absolute Gasteiger partial charge is 0.294 e. The number of nitrogens with one attached hydrogen (secondary N) is 1. The summed E-state index contributed by atoms with van der Waals surface area (Å²) >= 11 is 0. The van der Waals surface area contributed by atoms with Crippen LogP contribution in [0.25, 0.3) is 0 Å². The SMILES string of the molecule is NCCC(=O)NC1CCC(O[N+](=O)[O-])CC1. The Kier molecular flexibility index (Phi) is 4.97. The van der Waals surface area contributed by atoms with Gasteiger partial charge in [0.1, 0.15) is 6.10 Å². The van der Waals surface area contributed by atoms with Gasteiger partial charge in [0.15, 0.2) is 0 Å². The fraction of sp³-hybridized carbons (Fsp3) is 0.889. The third kappa shape index (κ3) is 4.43. The third-order valence-corrected chi connectivity index (χ3v) is 2.65. The zero-order valence-electron chi connectivity index (χ0n) is 9.05. The van der Waals surface area contributed by atoms with Gasteiger partial charge in [-0.1, -0.05) is 0 Å². The molecule has 0 heterocycles. The van der Waals surface area contributed by atoms with Gasteiger partial charge < -0.3 is 15.9 Å². The molecule has 3 N–H and O–H groups in total. The van der Waals surface area contributed by atoms with E-state index >= 15 is 0 Å². The molecule has 1 aliphatic carbocycles. The molecule has 7 nitrogen and oxygen atoms in total. The van der Waals surface area contributed by atoms with Crippen molar-refractivity contribution in [3.05, 3.63) is 10.1 Å². The molecule has 7 heteroatoms. The average molecular weight is 231 g/mol. The van der Waals surface area contributed by atoms with Crippen LogP contribution < -0.4 is 11.1 Å². The van der Waals surface area contributed by atoms with E-state index < -0.39 is 5.09 Å². The second-order valence-corrected chi connectivity index (χ2v) is 3.91. The quantitative estimate of drug-likeness (QED) is 0.510. The summed E-state index contributed by atoms with van der Waals surface area (Å²) in [6.07, 6.45) is 2.65. The molecule has 0 aromatic carbocycles. The van der Waals surface area contributed by atoms with Crippen LogP contribution in [0, 0.1) is 10.1 Å². The summed E-state index contributed by atoms with van der Waals surface area (Å²) < 4.78 is 0. The molecule has 0 aromatic rings. The second-order valence-electron chi connectivity index (χ2n) is 3.91. The lowest BCUT2D eigenvalue weighted by molar-refractivity contribution is -0.769. The number of nitrogens with two attached hydrogens (primary N) is 1. The topological polar surface area (TPSA) is 107 Å². The monoisotopic (exact) mass is 231 g/mol. The van der Waals surface area contributed by atoms with Crippen molar-refractivity contribution < 1.29 is 14.7 Å². The number of carbonyl (C=O) groups is 1. The molecule has 1 amide bonds. The summed E-state index contributed by atoms with van der Waals surface area (Å²) in [6.45, 7) is 0.339. The molecule has 0 aliphatic heterocycles. The van der Waals surface area contributed by atoms with E-state index in [1.165, 1.54) is 0 Å². The Morgan fingerprint density at radius 1 is 1.44 bits per heavy atom. The van der Waals surface area contributed by atoms with E-state index in [-0.39, 0.29) is 18.1 Å². The van der Waals surface area contributed by atoms with E-state index in [2.05, 4.69) is 10.2 Å². The average Bonchev–Trinajstić information content (AvgIpc) is 2.20. The highest BCUT2D eigenvalue weighted by Crippen LogP contribution is 2.21. The fourth-order valence-electron chi connectivity index (χ4n) is 1.87. The first kappa shape index (κ1) is 12.7. The van der Waals surface area contributed by atoms with Crippen LogP contribution in [0.15, 0.2) is 0 Å². The predicted molar refractivity (Wildman–Crippen MR) is 55.9 cm³/mol. The van der Waals surface area contributed by atoms with Gasteiger partial charge in [-0.25, -0.2) is 0 Å². The molecule has 16 heavy (non-hydrogen) atoms. The summed E-state index contributed by atoms with van der Waals surface area (Å²) in [4.78, 5) is 25.8. The van der Waals surface area contributed by atoms with Crippen molar-refractivity contribution in [2.45, 2.75) is 44.2 Å². The Labute approximate surface area is 93.4 Å². The predicted octanol–water partition coefficient (Wildman–Crippen LogP) is -0.0291. The van der Waals surface area contributed by atoms with Crippen molar-refractivity contribution >= 4 is 5.91 Å². The first-order valence-electron chi connectivity index (χ1n) is 5.42. The van der Waals surface area contributed by atoms with Gasteiger partial charge in [0, 0.05) is 19.0 Å². The third-order valence-electron chi connectivity index (χ3n) is 2.65. The minimum absolute atomic E-state index is 0.0545. The molecular formula is C9H17N3O4. The zero-order chi connectivity index (χ0) is 12.0. The van der Waals surface area contributed by atoms with Crippen molar-refractivity contribution in [3.8, 4) is 0 Å². The van der Waals surface area contributed by atoms with E-state index in [1.807, 2.05) is 0 Å². The van der Waals surface area contributed by atoms with Crippen molar-refractivity contribution in [2.24, 2.45) is 5.73 Å². The van der Waals surface area contributed by atoms with Crippen molar-refractivity contribution in [1.82, 2.24) is 5.32 Å². The Hall–Kier alpha value is -1.37. The highest BCUT2D eigenvalue weighted by atomic mass is 17.0. The van der Waals surface area contributed by atoms with Gasteiger partial charge in [0.25, 0.3) is 5.09 Å². The molecule has 0 atom stereocenters. The lowest BCUT2D eigenvalue weighted by Crippen LogP contribution is -2.40. The molecule has 0 spiro atoms. The molecule has 1 fully saturated rings. The van der Waals surface area contributed by atoms with E-state index in [0.29, 0.717) is 25.8 Å². The van der Waals surface area contributed by atoms with Crippen LogP contribution in [-0.2, 0) is 9.63 Å². The number of carbonyl (C=O) groups excluding carboxylic acids is 1. The van der Waals surface area contributed by atoms with Gasteiger partial charge in [-0.2, -0.15) is 0 Å². The van der Waals surface area contributed by atoms with Crippen molar-refractivity contribution in [2.75, 3.05) is 6.54 Å². The molecule has 1 rings (SSSR count). The van der Waals surface area contributed by atoms with E-state index in [9.17, 15) is 14.9 Å². The largest absolute Gasteiger partial charge is 0.353 e. The highest BCUT2D eigenvalue weighted by Gasteiger charge is 2.24. The van der Waals surface area contributed by atoms with Gasteiger partial charge in [-0.15, -0.1) is 10.1 Å². The minimum Gasteiger partial charge on any atom is -0.353 e. The fourth-order valence-corrected chi connectivity index (χ4v) is 1.87. The maximum Gasteiger partial charge on any atom is 0.294 e. The Morgan fingerprint density at radius 2 is 2.06 bits per heavy atom. The van der Waals surface area contributed by atoms with E-state index in [4.69, 9.17) is 5.73 Å². The van der Waals surface area contributed by atoms with Crippen LogP contribution in [0.2, 0.25) is 0 Å². The first-order valence-corrected chi connectivity index (χ1v) is 5.42. The number of hydrogen-bond donors (Lipinski definition) is 2. The molecule has 0 unspecified atom stereocenters. The van der Waals surface area contributed by atoms with Crippen molar-refractivity contribution in [3.63, 3.8) is 0 Å². The highest BCUT2D eigenvalue weighted by molar-refractivity contribution is 5.76. The lowest BCUT2D eigenvalue weighted by atomic mass is 9.93. The van der Waals surface area contributed by atoms with Crippen LogP contribution in [-0.4, -0.2) is 29.7 Å². The molecule has 92 valence electrons. The maximum absolute atomic E-state index is 11.2. The van der Waals surface area contributed by atoms with Crippen LogP contribution in [0.4, 0.5) is 0 Å². The molecule has 0 radical (unpaired) electrons. The summed E-state index contributed by atoms with van der Waals surface area (Å²) in [5.74, 6) is -0.0545. The van der Waals surface area contributed by atoms with Gasteiger partial charge in [0.2, 0.25) is 5.91 Å². The molecule has 1 aliphatic rings. The second kappa shape index (κ2) is 6.26. The zero-order valence-corrected chi connectivity index (χ0v) is 9.05. The molecule has 1 saturated carbocycles. The Bertz CT molecular complexity index is 251. The number of hydrogen-bond acceptors (Lipinski definition) is 5. The van der Waals surface area contributed by atoms with Gasteiger partial charge >= 0.3 is 0 Å². The van der Waals surface area contributed by atoms with E-state index in [0.717, 1.165) is 12.8 Å². The van der Waals surface area contributed by atoms with Crippen LogP contribution >= 0.6 is 0 Å². The van der Waals surface area contributed by atoms with Crippen LogP contribution in [0.1, 0.15) is 32.1 Å². The summed E-state index contributed by atoms with van der Waals surface area (Å²) in [5.41, 5.74) is 5.26. The van der Waals surface area contributed by atoms with Gasteiger partial charge in [-0.3, -0.25) is 4.79 Å². The number of rotatable bonds is 5. The number of nitrogens with zero attached hydrogens (tertiary/aromatic N) is 1. The lowest BCUT2D eigenvalue weighted by Gasteiger charge is -2.27. The van der Waals surface area contributed by atoms with Gasteiger partial charge in [-0.05, 0) is 25.7 Å². The molecule has 0 saturated heterocycles. The normalized spacial score (nSPS) is 24.8. The van der Waals surface area contributed by atoms with Crippen LogP contribution in [0.5, 0.6) is 0 Å². The summed E-state index contributed by atoms with van der Waals surface area (Å²) in [5, 5.41) is 12.2. The minimum atomic E-state index is -0.752. The van der Waals surface area contributed by atoms with Gasteiger partial charge in [0.05, 0.1) is 0 Å². The standard InChI is InChI=1S/C9H17N3O4/c10-6-5-9(13)11-7-1-3-8(4-2-7)16-12(14)15/h7-8H,1-6,10H2,(H,11,13). The Balaban J connectivity index is 2.21. The summed E-state index contributed by atoms with van der Waals surface area (Å²) in [7, 11) is 0. The molecule has 0 aromatic heterocycles. The number of amides is 1. The van der Waals surface area contributed by atoms with Crippen LogP contribution in [0.3, 0.4) is 0 Å². The first-order chi connectivity index (χ1) is 7.61. The molecular weight excluding hydrogens is 214 g/mol. The molecule has 0 bridgehead atoms. The summed E-state index contributed by atoms with van der Waals surface area (Å²) in [6, 6.07) is 0.102. The van der Waals surface area contributed by atoms with E-state index in [1.54, 1.807) is 0 Å². The Morgan fingerprint density at radius 3 is 2.56 bits per heavy atom. The maximum atomic E-state index is 11.2. The van der Waals surface area contributed by atoms with Crippen molar-refractivity contribution in [1.29, 1.82) is 0 Å².